The van der Waals surface area contributed by atoms with Crippen LogP contribution in [0.4, 0.5) is 5.69 Å². The summed E-state index contributed by atoms with van der Waals surface area (Å²) in [5.74, 6) is 0.369. The van der Waals surface area contributed by atoms with Crippen LogP contribution in [0.25, 0.3) is 11.0 Å². The Balaban J connectivity index is 1.80. The molecule has 2 atom stereocenters. The highest BCUT2D eigenvalue weighted by molar-refractivity contribution is 5.96. The first kappa shape index (κ1) is 24.6. The third kappa shape index (κ3) is 4.99. The minimum Gasteiger partial charge on any atom is -0.383 e. The molecule has 0 spiro atoms. The topological polar surface area (TPSA) is 67.6 Å². The number of amides is 1. The molecule has 0 bridgehead atoms. The Morgan fingerprint density at radius 1 is 1.06 bits per heavy atom. The highest BCUT2D eigenvalue weighted by Gasteiger charge is 2.28. The molecule has 0 aliphatic rings. The summed E-state index contributed by atoms with van der Waals surface area (Å²) in [7, 11) is 1.65. The number of ether oxygens (including phenoxy) is 1. The molecule has 35 heavy (non-hydrogen) atoms. The van der Waals surface area contributed by atoms with Crippen molar-refractivity contribution >= 4 is 22.6 Å². The average Bonchev–Trinajstić information content (AvgIpc) is 3.23. The Morgan fingerprint density at radius 2 is 1.77 bits per heavy atom. The molecule has 0 radical (unpaired) electrons. The summed E-state index contributed by atoms with van der Waals surface area (Å²) in [6.45, 7) is 6.59. The number of hydrogen-bond acceptors (Lipinski definition) is 4. The molecule has 182 valence electrons. The summed E-state index contributed by atoms with van der Waals surface area (Å²) in [6, 6.07) is 23.0. The minimum atomic E-state index is -0.953. The van der Waals surface area contributed by atoms with Gasteiger partial charge in [-0.3, -0.25) is 4.79 Å². The molecule has 6 nitrogen and oxygen atoms in total. The normalized spacial score (nSPS) is 13.1. The van der Waals surface area contributed by atoms with Crippen molar-refractivity contribution in [3.63, 3.8) is 0 Å². The average molecular weight is 472 g/mol. The second kappa shape index (κ2) is 10.8. The van der Waals surface area contributed by atoms with Crippen molar-refractivity contribution in [2.24, 2.45) is 0 Å². The number of fused-ring (bicyclic) bond motifs is 1. The number of methoxy groups -OCH3 is 1. The van der Waals surface area contributed by atoms with Gasteiger partial charge in [-0.2, -0.15) is 0 Å². The number of aromatic nitrogens is 2. The van der Waals surface area contributed by atoms with Crippen molar-refractivity contribution in [1.82, 2.24) is 9.55 Å². The van der Waals surface area contributed by atoms with E-state index in [0.717, 1.165) is 39.8 Å². The number of hydrogen-bond donors (Lipinski definition) is 1. The van der Waals surface area contributed by atoms with Crippen LogP contribution in [0.3, 0.4) is 0 Å². The smallest absolute Gasteiger partial charge is 0.247 e. The van der Waals surface area contributed by atoms with E-state index in [1.807, 2.05) is 90.0 Å². The van der Waals surface area contributed by atoms with Crippen molar-refractivity contribution in [3.8, 4) is 0 Å². The lowest BCUT2D eigenvalue weighted by atomic mass is 10.0. The van der Waals surface area contributed by atoms with Gasteiger partial charge in [0.2, 0.25) is 5.91 Å². The second-order valence-electron chi connectivity index (χ2n) is 8.86. The fourth-order valence-corrected chi connectivity index (χ4v) is 4.72. The summed E-state index contributed by atoms with van der Waals surface area (Å²) in [5.41, 5.74) is 5.37. The quantitative estimate of drug-likeness (QED) is 0.371. The highest BCUT2D eigenvalue weighted by atomic mass is 16.5. The lowest BCUT2D eigenvalue weighted by Gasteiger charge is -2.32. The maximum atomic E-state index is 14.0. The zero-order chi connectivity index (χ0) is 24.9. The fourth-order valence-electron chi connectivity index (χ4n) is 4.72. The van der Waals surface area contributed by atoms with Crippen molar-refractivity contribution in [1.29, 1.82) is 0 Å². The minimum absolute atomic E-state index is 0.0469. The molecule has 0 unspecified atom stereocenters. The number of imidazole rings is 1. The molecule has 0 fully saturated rings. The summed E-state index contributed by atoms with van der Waals surface area (Å²) in [5, 5.41) is 11.2. The maximum Gasteiger partial charge on any atom is 0.247 e. The number of aliphatic hydroxyl groups is 1. The third-order valence-corrected chi connectivity index (χ3v) is 6.40. The first-order chi connectivity index (χ1) is 17.0. The van der Waals surface area contributed by atoms with E-state index in [1.165, 1.54) is 0 Å². The van der Waals surface area contributed by atoms with Gasteiger partial charge in [-0.15, -0.1) is 0 Å². The van der Waals surface area contributed by atoms with E-state index in [-0.39, 0.29) is 18.5 Å². The Labute approximate surface area is 206 Å². The second-order valence-corrected chi connectivity index (χ2v) is 8.86. The van der Waals surface area contributed by atoms with Gasteiger partial charge in [0.1, 0.15) is 18.5 Å². The predicted molar refractivity (Wildman–Crippen MR) is 140 cm³/mol. The van der Waals surface area contributed by atoms with Crippen LogP contribution < -0.4 is 4.90 Å². The van der Waals surface area contributed by atoms with Gasteiger partial charge in [-0.05, 0) is 49.1 Å². The van der Waals surface area contributed by atoms with Gasteiger partial charge in [0.15, 0.2) is 0 Å². The highest BCUT2D eigenvalue weighted by Crippen LogP contribution is 2.30. The van der Waals surface area contributed by atoms with Crippen LogP contribution in [-0.4, -0.2) is 40.3 Å². The number of para-hydroxylation sites is 3. The molecule has 3 aromatic carbocycles. The molecule has 4 rings (SSSR count). The van der Waals surface area contributed by atoms with E-state index in [2.05, 4.69) is 13.0 Å². The zero-order valence-electron chi connectivity index (χ0n) is 20.8. The molecule has 4 aromatic rings. The standard InChI is InChI=1S/C29H33N3O3/c1-5-22-15-11-12-20(2)27(22)32(21(3)19-35-4)26(33)18-31-25-17-10-9-16-24(25)30-29(31)28(34)23-13-7-6-8-14-23/h6-17,21,28,34H,5,18-19H2,1-4H3/t21-,28+/m1/s1. The Morgan fingerprint density at radius 3 is 2.49 bits per heavy atom. The summed E-state index contributed by atoms with van der Waals surface area (Å²) in [4.78, 5) is 20.6. The third-order valence-electron chi connectivity index (χ3n) is 6.40. The van der Waals surface area contributed by atoms with Gasteiger partial charge >= 0.3 is 0 Å². The molecule has 0 aliphatic carbocycles. The van der Waals surface area contributed by atoms with Crippen molar-refractivity contribution in [2.45, 2.75) is 45.9 Å². The number of carbonyl (C=O) groups excluding carboxylic acids is 1. The van der Waals surface area contributed by atoms with E-state index >= 15 is 0 Å². The van der Waals surface area contributed by atoms with E-state index < -0.39 is 6.10 Å². The predicted octanol–water partition coefficient (Wildman–Crippen LogP) is 5.06. The first-order valence-corrected chi connectivity index (χ1v) is 12.0. The van der Waals surface area contributed by atoms with Crippen LogP contribution in [0.5, 0.6) is 0 Å². The van der Waals surface area contributed by atoms with Crippen molar-refractivity contribution in [2.75, 3.05) is 18.6 Å². The fraction of sp³-hybridized carbons (Fsp3) is 0.310. The monoisotopic (exact) mass is 471 g/mol. The molecule has 1 heterocycles. The lowest BCUT2D eigenvalue weighted by Crippen LogP contribution is -2.44. The maximum absolute atomic E-state index is 14.0. The van der Waals surface area contributed by atoms with E-state index in [4.69, 9.17) is 9.72 Å². The summed E-state index contributed by atoms with van der Waals surface area (Å²) in [6.07, 6.45) is -0.141. The van der Waals surface area contributed by atoms with E-state index in [1.54, 1.807) is 7.11 Å². The first-order valence-electron chi connectivity index (χ1n) is 12.0. The molecular weight excluding hydrogens is 438 g/mol. The van der Waals surface area contributed by atoms with Crippen LogP contribution >= 0.6 is 0 Å². The van der Waals surface area contributed by atoms with Gasteiger partial charge < -0.3 is 19.3 Å². The lowest BCUT2D eigenvalue weighted by molar-refractivity contribution is -0.119. The number of anilines is 1. The van der Waals surface area contributed by atoms with E-state index in [0.29, 0.717) is 12.4 Å². The van der Waals surface area contributed by atoms with Gasteiger partial charge in [-0.25, -0.2) is 4.98 Å². The number of rotatable bonds is 9. The molecular formula is C29H33N3O3. The molecule has 1 amide bonds. The largest absolute Gasteiger partial charge is 0.383 e. The van der Waals surface area contributed by atoms with Gasteiger partial charge in [0.25, 0.3) is 0 Å². The number of nitrogens with zero attached hydrogens (tertiary/aromatic N) is 3. The molecule has 0 saturated heterocycles. The Bertz CT molecular complexity index is 1300. The van der Waals surface area contributed by atoms with Crippen LogP contribution in [0.1, 0.15) is 42.5 Å². The molecule has 0 aliphatic heterocycles. The number of aryl methyl sites for hydroxylation is 2. The van der Waals surface area contributed by atoms with Crippen LogP contribution in [0, 0.1) is 6.92 Å². The summed E-state index contributed by atoms with van der Waals surface area (Å²) < 4.78 is 7.28. The van der Waals surface area contributed by atoms with Crippen LogP contribution in [-0.2, 0) is 22.5 Å². The SMILES string of the molecule is CCc1cccc(C)c1N(C(=O)Cn1c([C@@H](O)c2ccccc2)nc2ccccc21)[C@H](C)COC. The van der Waals surface area contributed by atoms with Gasteiger partial charge in [0.05, 0.1) is 29.4 Å². The van der Waals surface area contributed by atoms with E-state index in [9.17, 15) is 9.90 Å². The molecule has 0 saturated carbocycles. The number of carbonyl (C=O) groups is 1. The zero-order valence-corrected chi connectivity index (χ0v) is 20.8. The van der Waals surface area contributed by atoms with Gasteiger partial charge in [-0.1, -0.05) is 67.6 Å². The molecule has 1 N–H and O–H groups in total. The number of aliphatic hydroxyl groups excluding tert-OH is 1. The van der Waals surface area contributed by atoms with Crippen LogP contribution in [0.2, 0.25) is 0 Å². The number of benzene rings is 3. The Hall–Kier alpha value is -3.48. The summed E-state index contributed by atoms with van der Waals surface area (Å²) >= 11 is 0. The van der Waals surface area contributed by atoms with Crippen LogP contribution in [0.15, 0.2) is 72.8 Å². The van der Waals surface area contributed by atoms with Gasteiger partial charge in [0, 0.05) is 7.11 Å². The van der Waals surface area contributed by atoms with Crippen molar-refractivity contribution < 1.29 is 14.6 Å². The van der Waals surface area contributed by atoms with Crippen molar-refractivity contribution in [3.05, 3.63) is 95.3 Å². The molecule has 6 heteroatoms. The molecule has 1 aromatic heterocycles. The Kier molecular flexibility index (Phi) is 7.63.